The molecule has 14 heavy (non-hydrogen) atoms. The Bertz CT molecular complexity index is 224. The first-order valence-corrected chi connectivity index (χ1v) is 4.88. The van der Waals surface area contributed by atoms with Crippen LogP contribution in [0.15, 0.2) is 0 Å². The molecule has 0 saturated carbocycles. The van der Waals surface area contributed by atoms with Gasteiger partial charge in [0.05, 0.1) is 6.04 Å². The first-order chi connectivity index (χ1) is 6.61. The normalized spacial score (nSPS) is 23.9. The summed E-state index contributed by atoms with van der Waals surface area (Å²) >= 11 is 0. The quantitative estimate of drug-likeness (QED) is 0.585. The third-order valence-electron chi connectivity index (χ3n) is 2.36. The van der Waals surface area contributed by atoms with Crippen molar-refractivity contribution in [3.8, 4) is 0 Å². The Morgan fingerprint density at radius 2 is 2.21 bits per heavy atom. The van der Waals surface area contributed by atoms with E-state index in [4.69, 9.17) is 5.11 Å². The van der Waals surface area contributed by atoms with Crippen LogP contribution in [0.2, 0.25) is 0 Å². The van der Waals surface area contributed by atoms with E-state index in [1.54, 1.807) is 0 Å². The highest BCUT2D eigenvalue weighted by Crippen LogP contribution is 2.06. The van der Waals surface area contributed by atoms with E-state index in [0.717, 1.165) is 25.8 Å². The Morgan fingerprint density at radius 3 is 2.71 bits per heavy atom. The fourth-order valence-electron chi connectivity index (χ4n) is 1.45. The van der Waals surface area contributed by atoms with Crippen molar-refractivity contribution in [2.45, 2.75) is 38.3 Å². The molecule has 2 atom stereocenters. The minimum atomic E-state index is -1.01. The van der Waals surface area contributed by atoms with Gasteiger partial charge in [-0.05, 0) is 26.3 Å². The maximum Gasteiger partial charge on any atom is 0.325 e. The van der Waals surface area contributed by atoms with E-state index in [1.165, 1.54) is 6.92 Å². The van der Waals surface area contributed by atoms with Gasteiger partial charge in [0, 0.05) is 0 Å². The number of carboxylic acids is 1. The lowest BCUT2D eigenvalue weighted by molar-refractivity contribution is -0.141. The van der Waals surface area contributed by atoms with Crippen LogP contribution >= 0.6 is 0 Å². The molecule has 3 N–H and O–H groups in total. The van der Waals surface area contributed by atoms with Crippen LogP contribution in [0.3, 0.4) is 0 Å². The Labute approximate surface area is 82.9 Å². The number of hydrogen-bond acceptors (Lipinski definition) is 3. The van der Waals surface area contributed by atoms with Gasteiger partial charge in [-0.25, -0.2) is 0 Å². The monoisotopic (exact) mass is 200 g/mol. The van der Waals surface area contributed by atoms with E-state index in [9.17, 15) is 9.59 Å². The van der Waals surface area contributed by atoms with Crippen LogP contribution in [0.1, 0.15) is 26.2 Å². The molecule has 0 aromatic rings. The van der Waals surface area contributed by atoms with Crippen molar-refractivity contribution >= 4 is 11.9 Å². The molecule has 1 unspecified atom stereocenters. The van der Waals surface area contributed by atoms with Crippen molar-refractivity contribution in [2.24, 2.45) is 0 Å². The molecule has 1 saturated heterocycles. The largest absolute Gasteiger partial charge is 0.480 e. The molecule has 80 valence electrons. The van der Waals surface area contributed by atoms with Crippen molar-refractivity contribution in [1.82, 2.24) is 10.6 Å². The molecule has 0 aliphatic carbocycles. The first-order valence-electron chi connectivity index (χ1n) is 4.88. The predicted molar refractivity (Wildman–Crippen MR) is 50.9 cm³/mol. The van der Waals surface area contributed by atoms with Gasteiger partial charge >= 0.3 is 5.97 Å². The summed E-state index contributed by atoms with van der Waals surface area (Å²) in [4.78, 5) is 22.0. The Kier molecular flexibility index (Phi) is 3.88. The van der Waals surface area contributed by atoms with Gasteiger partial charge in [-0.3, -0.25) is 9.59 Å². The van der Waals surface area contributed by atoms with Crippen molar-refractivity contribution < 1.29 is 14.7 Å². The van der Waals surface area contributed by atoms with Crippen LogP contribution < -0.4 is 10.6 Å². The summed E-state index contributed by atoms with van der Waals surface area (Å²) in [6, 6.07) is -1.03. The molecule has 1 aliphatic heterocycles. The molecule has 1 rings (SSSR count). The van der Waals surface area contributed by atoms with E-state index in [2.05, 4.69) is 10.6 Å². The van der Waals surface area contributed by atoms with Gasteiger partial charge < -0.3 is 15.7 Å². The minimum Gasteiger partial charge on any atom is -0.480 e. The topological polar surface area (TPSA) is 78.4 Å². The van der Waals surface area contributed by atoms with Crippen LogP contribution in [0.25, 0.3) is 0 Å². The van der Waals surface area contributed by atoms with E-state index in [1.807, 2.05) is 0 Å². The van der Waals surface area contributed by atoms with Crippen molar-refractivity contribution in [1.29, 1.82) is 0 Å². The average molecular weight is 200 g/mol. The molecular weight excluding hydrogens is 184 g/mol. The fourth-order valence-corrected chi connectivity index (χ4v) is 1.45. The lowest BCUT2D eigenvalue weighted by Gasteiger charge is -2.23. The van der Waals surface area contributed by atoms with Crippen LogP contribution in [0.5, 0.6) is 0 Å². The zero-order chi connectivity index (χ0) is 10.6. The molecule has 1 aliphatic rings. The number of hydrogen-bond donors (Lipinski definition) is 3. The molecule has 0 bridgehead atoms. The van der Waals surface area contributed by atoms with E-state index < -0.39 is 12.0 Å². The van der Waals surface area contributed by atoms with Crippen molar-refractivity contribution in [3.63, 3.8) is 0 Å². The summed E-state index contributed by atoms with van der Waals surface area (Å²) in [5.74, 6) is -1.21. The lowest BCUT2D eigenvalue weighted by Crippen LogP contribution is -2.50. The Hall–Kier alpha value is -1.10. The number of aliphatic carboxylic acids is 1. The highest BCUT2D eigenvalue weighted by Gasteiger charge is 2.23. The lowest BCUT2D eigenvalue weighted by atomic mass is 10.0. The molecule has 1 amide bonds. The second-order valence-corrected chi connectivity index (χ2v) is 3.57. The number of piperidine rings is 1. The first kappa shape index (κ1) is 11.0. The number of nitrogens with one attached hydrogen (secondary N) is 2. The molecule has 5 heteroatoms. The SMILES string of the molecule is CC(NC(=O)[C@H]1CCCCN1)C(=O)O. The van der Waals surface area contributed by atoms with Crippen LogP contribution in [-0.2, 0) is 9.59 Å². The molecule has 5 nitrogen and oxygen atoms in total. The standard InChI is InChI=1S/C9H16N2O3/c1-6(9(13)14)11-8(12)7-4-2-3-5-10-7/h6-7,10H,2-5H2,1H3,(H,11,12)(H,13,14)/t6?,7-/m1/s1. The maximum atomic E-state index is 11.5. The van der Waals surface area contributed by atoms with Gasteiger partial charge in [0.15, 0.2) is 0 Å². The van der Waals surface area contributed by atoms with Crippen LogP contribution in [0.4, 0.5) is 0 Å². The maximum absolute atomic E-state index is 11.5. The summed E-state index contributed by atoms with van der Waals surface area (Å²) in [6.45, 7) is 2.29. The van der Waals surface area contributed by atoms with Gasteiger partial charge in [-0.1, -0.05) is 6.42 Å². The minimum absolute atomic E-state index is 0.209. The molecule has 0 aromatic heterocycles. The summed E-state index contributed by atoms with van der Waals surface area (Å²) in [6.07, 6.45) is 2.89. The third kappa shape index (κ3) is 2.99. The molecule has 0 radical (unpaired) electrons. The van der Waals surface area contributed by atoms with E-state index in [0.29, 0.717) is 0 Å². The second-order valence-electron chi connectivity index (χ2n) is 3.57. The van der Waals surface area contributed by atoms with E-state index >= 15 is 0 Å². The van der Waals surface area contributed by atoms with Crippen LogP contribution in [-0.4, -0.2) is 35.6 Å². The number of carbonyl (C=O) groups excluding carboxylic acids is 1. The van der Waals surface area contributed by atoms with Crippen molar-refractivity contribution in [3.05, 3.63) is 0 Å². The van der Waals surface area contributed by atoms with Gasteiger partial charge in [-0.2, -0.15) is 0 Å². The average Bonchev–Trinajstić information content (AvgIpc) is 2.19. The Morgan fingerprint density at radius 1 is 1.50 bits per heavy atom. The summed E-state index contributed by atoms with van der Waals surface area (Å²) in [5.41, 5.74) is 0. The molecule has 0 spiro atoms. The summed E-state index contributed by atoms with van der Waals surface area (Å²) in [7, 11) is 0. The van der Waals surface area contributed by atoms with Crippen LogP contribution in [0, 0.1) is 0 Å². The predicted octanol–water partition coefficient (Wildman–Crippen LogP) is -0.282. The van der Waals surface area contributed by atoms with E-state index in [-0.39, 0.29) is 11.9 Å². The Balaban J connectivity index is 2.36. The zero-order valence-corrected chi connectivity index (χ0v) is 8.25. The second kappa shape index (κ2) is 4.95. The fraction of sp³-hybridized carbons (Fsp3) is 0.778. The highest BCUT2D eigenvalue weighted by molar-refractivity contribution is 5.86. The molecule has 1 heterocycles. The van der Waals surface area contributed by atoms with Crippen molar-refractivity contribution in [2.75, 3.05) is 6.54 Å². The van der Waals surface area contributed by atoms with Gasteiger partial charge in [0.2, 0.25) is 5.91 Å². The zero-order valence-electron chi connectivity index (χ0n) is 8.25. The van der Waals surface area contributed by atoms with Gasteiger partial charge in [-0.15, -0.1) is 0 Å². The third-order valence-corrected chi connectivity index (χ3v) is 2.36. The molecular formula is C9H16N2O3. The molecule has 0 aromatic carbocycles. The summed E-state index contributed by atoms with van der Waals surface area (Å²) in [5, 5.41) is 14.1. The number of carbonyl (C=O) groups is 2. The number of amides is 1. The summed E-state index contributed by atoms with van der Waals surface area (Å²) < 4.78 is 0. The van der Waals surface area contributed by atoms with Gasteiger partial charge in [0.1, 0.15) is 6.04 Å². The van der Waals surface area contributed by atoms with Gasteiger partial charge in [0.25, 0.3) is 0 Å². The smallest absolute Gasteiger partial charge is 0.325 e. The molecule has 1 fully saturated rings. The number of carboxylic acid groups (broad SMARTS) is 1. The number of rotatable bonds is 3. The highest BCUT2D eigenvalue weighted by atomic mass is 16.4.